The molecule has 0 spiro atoms. The first kappa shape index (κ1) is 30.8. The lowest BCUT2D eigenvalue weighted by molar-refractivity contribution is -0.206. The summed E-state index contributed by atoms with van der Waals surface area (Å²) in [6.07, 6.45) is 19.5. The number of ether oxygens (including phenoxy) is 2. The van der Waals surface area contributed by atoms with Crippen LogP contribution in [0.2, 0.25) is 0 Å². The summed E-state index contributed by atoms with van der Waals surface area (Å²) in [4.78, 5) is 0. The molecule has 0 bridgehead atoms. The molecule has 218 valence electrons. The van der Waals surface area contributed by atoms with E-state index in [0.717, 1.165) is 50.9 Å². The van der Waals surface area contributed by atoms with Crippen LogP contribution in [0.4, 0.5) is 0 Å². The Hall–Kier alpha value is -2.15. The first-order valence-corrected chi connectivity index (χ1v) is 16.5. The number of unbranched alkanes of at least 4 members (excludes halogenated alkanes) is 8. The first-order chi connectivity index (χ1) is 19.7. The normalized spacial score (nSPS) is 25.0. The number of benzene rings is 2. The Morgan fingerprint density at radius 2 is 1.23 bits per heavy atom. The molecule has 40 heavy (non-hydrogen) atoms. The molecule has 1 aliphatic carbocycles. The molecule has 0 amide bonds. The molecule has 4 rings (SSSR count). The molecule has 1 aliphatic heterocycles. The maximum Gasteiger partial charge on any atom is 0.183 e. The van der Waals surface area contributed by atoms with Gasteiger partial charge in [0, 0.05) is 11.5 Å². The van der Waals surface area contributed by atoms with Crippen molar-refractivity contribution < 1.29 is 9.47 Å². The van der Waals surface area contributed by atoms with Gasteiger partial charge >= 0.3 is 0 Å². The van der Waals surface area contributed by atoms with Crippen molar-refractivity contribution in [2.45, 2.75) is 129 Å². The van der Waals surface area contributed by atoms with Gasteiger partial charge in [0.2, 0.25) is 0 Å². The van der Waals surface area contributed by atoms with Gasteiger partial charge in [0.15, 0.2) is 6.29 Å². The average Bonchev–Trinajstić information content (AvgIpc) is 3.02. The van der Waals surface area contributed by atoms with Crippen molar-refractivity contribution in [2.75, 3.05) is 13.2 Å². The van der Waals surface area contributed by atoms with Crippen LogP contribution in [0.1, 0.15) is 140 Å². The van der Waals surface area contributed by atoms with Crippen molar-refractivity contribution in [3.8, 4) is 17.2 Å². The Morgan fingerprint density at radius 1 is 0.700 bits per heavy atom. The average molecular weight is 544 g/mol. The molecule has 0 unspecified atom stereocenters. The first-order valence-electron chi connectivity index (χ1n) is 16.5. The lowest BCUT2D eigenvalue weighted by Gasteiger charge is -2.35. The Morgan fingerprint density at radius 3 is 1.77 bits per heavy atom. The third-order valence-corrected chi connectivity index (χ3v) is 9.52. The molecular weight excluding hydrogens is 490 g/mol. The summed E-state index contributed by atoms with van der Waals surface area (Å²) in [6, 6.07) is 20.6. The smallest absolute Gasteiger partial charge is 0.183 e. The second-order valence-corrected chi connectivity index (χ2v) is 12.6. The van der Waals surface area contributed by atoms with Crippen LogP contribution in [0.5, 0.6) is 0 Å². The molecule has 3 nitrogen and oxygen atoms in total. The highest BCUT2D eigenvalue weighted by Crippen LogP contribution is 2.46. The molecule has 0 radical (unpaired) electrons. The molecule has 2 fully saturated rings. The van der Waals surface area contributed by atoms with Gasteiger partial charge in [-0.1, -0.05) is 127 Å². The fourth-order valence-electron chi connectivity index (χ4n) is 6.71. The number of nitrogens with zero attached hydrogens (tertiary/aromatic N) is 1. The molecule has 1 saturated carbocycles. The summed E-state index contributed by atoms with van der Waals surface area (Å²) < 4.78 is 12.2. The third-order valence-electron chi connectivity index (χ3n) is 9.52. The Kier molecular flexibility index (Phi) is 12.6. The van der Waals surface area contributed by atoms with E-state index in [0.29, 0.717) is 11.8 Å². The monoisotopic (exact) mass is 543 g/mol. The highest BCUT2D eigenvalue weighted by atomic mass is 16.7. The van der Waals surface area contributed by atoms with Gasteiger partial charge in [0.25, 0.3) is 0 Å². The summed E-state index contributed by atoms with van der Waals surface area (Å²) in [7, 11) is 0. The van der Waals surface area contributed by atoms with Crippen LogP contribution in [0.15, 0.2) is 48.5 Å². The van der Waals surface area contributed by atoms with Gasteiger partial charge in [-0.05, 0) is 61.1 Å². The van der Waals surface area contributed by atoms with E-state index >= 15 is 0 Å². The van der Waals surface area contributed by atoms with Crippen molar-refractivity contribution in [1.29, 1.82) is 5.26 Å². The van der Waals surface area contributed by atoms with Crippen LogP contribution < -0.4 is 0 Å². The number of nitriles is 1. The Bertz CT molecular complexity index is 1010. The van der Waals surface area contributed by atoms with E-state index in [1.165, 1.54) is 87.3 Å². The van der Waals surface area contributed by atoms with Crippen molar-refractivity contribution in [1.82, 2.24) is 0 Å². The van der Waals surface area contributed by atoms with Crippen LogP contribution in [0, 0.1) is 22.7 Å². The number of hydrogen-bond acceptors (Lipinski definition) is 3. The summed E-state index contributed by atoms with van der Waals surface area (Å²) in [6.45, 7) is 6.13. The maximum atomic E-state index is 9.97. The van der Waals surface area contributed by atoms with E-state index < -0.39 is 0 Å². The highest BCUT2D eigenvalue weighted by molar-refractivity contribution is 5.64. The van der Waals surface area contributed by atoms with E-state index in [1.807, 2.05) is 0 Å². The molecule has 0 atom stereocenters. The van der Waals surface area contributed by atoms with Gasteiger partial charge in [-0.3, -0.25) is 0 Å². The van der Waals surface area contributed by atoms with Crippen molar-refractivity contribution in [2.24, 2.45) is 11.3 Å². The molecule has 1 heterocycles. The second kappa shape index (κ2) is 16.3. The van der Waals surface area contributed by atoms with Crippen LogP contribution in [0.25, 0.3) is 11.1 Å². The summed E-state index contributed by atoms with van der Waals surface area (Å²) in [5, 5.41) is 9.97. The predicted octanol–water partition coefficient (Wildman–Crippen LogP) is 10.9. The van der Waals surface area contributed by atoms with Crippen molar-refractivity contribution in [3.05, 3.63) is 59.7 Å². The number of hydrogen-bond donors (Lipinski definition) is 0. The van der Waals surface area contributed by atoms with Crippen LogP contribution in [-0.2, 0) is 9.47 Å². The fraction of sp³-hybridized carbons (Fsp3) is 0.649. The van der Waals surface area contributed by atoms with Crippen LogP contribution >= 0.6 is 0 Å². The van der Waals surface area contributed by atoms with E-state index in [1.54, 1.807) is 0 Å². The molecule has 3 heteroatoms. The minimum absolute atomic E-state index is 0.0781. The second-order valence-electron chi connectivity index (χ2n) is 12.6. The largest absolute Gasteiger partial charge is 0.348 e. The third kappa shape index (κ3) is 8.92. The zero-order valence-corrected chi connectivity index (χ0v) is 25.3. The topological polar surface area (TPSA) is 42.2 Å². The van der Waals surface area contributed by atoms with Gasteiger partial charge < -0.3 is 9.47 Å². The van der Waals surface area contributed by atoms with E-state index in [2.05, 4.69) is 68.4 Å². The van der Waals surface area contributed by atoms with Crippen molar-refractivity contribution in [3.63, 3.8) is 0 Å². The van der Waals surface area contributed by atoms with E-state index in [4.69, 9.17) is 9.47 Å². The highest BCUT2D eigenvalue weighted by Gasteiger charge is 2.35. The van der Waals surface area contributed by atoms with Gasteiger partial charge in [0.1, 0.15) is 0 Å². The zero-order chi connectivity index (χ0) is 28.0. The Balaban J connectivity index is 1.22. The summed E-state index contributed by atoms with van der Waals surface area (Å²) in [5.74, 6) is 1.12. The molecule has 2 aromatic rings. The molecular formula is C37H53NO2. The van der Waals surface area contributed by atoms with Gasteiger partial charge in [-0.25, -0.2) is 0 Å². The zero-order valence-electron chi connectivity index (χ0n) is 25.3. The van der Waals surface area contributed by atoms with E-state index in [-0.39, 0.29) is 11.7 Å². The minimum Gasteiger partial charge on any atom is -0.348 e. The molecule has 2 aliphatic rings. The number of rotatable bonds is 15. The molecule has 0 N–H and O–H groups in total. The van der Waals surface area contributed by atoms with E-state index in [9.17, 15) is 5.26 Å². The SMILES string of the molecule is CCCCCCCC1COC(c2ccc(-c3ccc(C4CCC(C#N)(CCCCCCC)CC4)cc3)cc2)OC1. The van der Waals surface area contributed by atoms with Gasteiger partial charge in [-0.2, -0.15) is 5.26 Å². The summed E-state index contributed by atoms with van der Waals surface area (Å²) in [5.41, 5.74) is 4.93. The van der Waals surface area contributed by atoms with Gasteiger partial charge in [0.05, 0.1) is 24.7 Å². The molecule has 2 aromatic carbocycles. The fourth-order valence-corrected chi connectivity index (χ4v) is 6.71. The summed E-state index contributed by atoms with van der Waals surface area (Å²) >= 11 is 0. The van der Waals surface area contributed by atoms with Crippen LogP contribution in [-0.4, -0.2) is 13.2 Å². The Labute approximate surface area is 244 Å². The molecule has 0 aromatic heterocycles. The van der Waals surface area contributed by atoms with Crippen LogP contribution in [0.3, 0.4) is 0 Å². The lowest BCUT2D eigenvalue weighted by atomic mass is 9.67. The van der Waals surface area contributed by atoms with Gasteiger partial charge in [-0.15, -0.1) is 0 Å². The molecule has 1 saturated heterocycles. The van der Waals surface area contributed by atoms with Crippen molar-refractivity contribution >= 4 is 0 Å². The minimum atomic E-state index is -0.240. The maximum absolute atomic E-state index is 9.97. The standard InChI is InChI=1S/C37H53NO2/c1-3-5-7-9-11-13-30-27-39-36(40-28-30)35-20-18-32(19-21-35)31-14-16-33(17-15-31)34-22-25-37(29-38,26-23-34)24-12-10-8-6-4-2/h14-21,30,34,36H,3-13,22-28H2,1-2H3. The lowest BCUT2D eigenvalue weighted by Crippen LogP contribution is -2.27. The quantitative estimate of drug-likeness (QED) is 0.210. The predicted molar refractivity (Wildman–Crippen MR) is 166 cm³/mol.